The van der Waals surface area contributed by atoms with Gasteiger partial charge in [-0.1, -0.05) is 44.2 Å². The first-order valence-corrected chi connectivity index (χ1v) is 7.89. The summed E-state index contributed by atoms with van der Waals surface area (Å²) in [4.78, 5) is 22.5. The summed E-state index contributed by atoms with van der Waals surface area (Å²) in [7, 11) is 0. The van der Waals surface area contributed by atoms with Crippen LogP contribution in [-0.4, -0.2) is 10.8 Å². The van der Waals surface area contributed by atoms with Crippen molar-refractivity contribution in [2.45, 2.75) is 26.7 Å². The highest BCUT2D eigenvalue weighted by Crippen LogP contribution is 2.22. The molecule has 0 radical (unpaired) electrons. The lowest BCUT2D eigenvalue weighted by atomic mass is 10.0. The molecular formula is C19H20N2O3. The second kappa shape index (κ2) is 8.06. The normalized spacial score (nSPS) is 10.8. The lowest BCUT2D eigenvalue weighted by Gasteiger charge is -2.13. The molecule has 0 saturated heterocycles. The van der Waals surface area contributed by atoms with Crippen molar-refractivity contribution in [2.24, 2.45) is 0 Å². The number of hydrogen-bond donors (Lipinski definition) is 1. The first kappa shape index (κ1) is 17.4. The Kier molecular flexibility index (Phi) is 5.84. The maximum atomic E-state index is 12.2. The third-order valence-corrected chi connectivity index (χ3v) is 3.76. The van der Waals surface area contributed by atoms with Crippen molar-refractivity contribution >= 4 is 23.4 Å². The van der Waals surface area contributed by atoms with Gasteiger partial charge in [0.2, 0.25) is 5.91 Å². The van der Waals surface area contributed by atoms with E-state index in [9.17, 15) is 14.9 Å². The van der Waals surface area contributed by atoms with E-state index in [0.29, 0.717) is 5.56 Å². The molecule has 1 amide bonds. The molecule has 1 N–H and O–H groups in total. The van der Waals surface area contributed by atoms with Gasteiger partial charge in [-0.15, -0.1) is 0 Å². The lowest BCUT2D eigenvalue weighted by Crippen LogP contribution is -2.11. The van der Waals surface area contributed by atoms with E-state index < -0.39 is 4.92 Å². The minimum absolute atomic E-state index is 0.00200. The second-order valence-electron chi connectivity index (χ2n) is 5.33. The van der Waals surface area contributed by atoms with Crippen LogP contribution in [0.2, 0.25) is 0 Å². The first-order valence-electron chi connectivity index (χ1n) is 7.89. The Balaban J connectivity index is 2.17. The van der Waals surface area contributed by atoms with Crippen LogP contribution in [0.25, 0.3) is 6.08 Å². The third-order valence-electron chi connectivity index (χ3n) is 3.76. The minimum Gasteiger partial charge on any atom is -0.322 e. The number of rotatable bonds is 6. The van der Waals surface area contributed by atoms with E-state index in [0.717, 1.165) is 29.7 Å². The number of nitro benzene ring substituents is 1. The third kappa shape index (κ3) is 4.29. The summed E-state index contributed by atoms with van der Waals surface area (Å²) in [5.74, 6) is -0.253. The van der Waals surface area contributed by atoms with Gasteiger partial charge in [0.25, 0.3) is 5.69 Å². The second-order valence-corrected chi connectivity index (χ2v) is 5.33. The highest BCUT2D eigenvalue weighted by molar-refractivity contribution is 6.02. The lowest BCUT2D eigenvalue weighted by molar-refractivity contribution is -0.384. The van der Waals surface area contributed by atoms with Crippen molar-refractivity contribution in [1.82, 2.24) is 0 Å². The molecule has 0 aliphatic rings. The summed E-state index contributed by atoms with van der Waals surface area (Å²) in [6, 6.07) is 12.2. The van der Waals surface area contributed by atoms with Crippen LogP contribution in [0.3, 0.4) is 0 Å². The largest absolute Gasteiger partial charge is 0.322 e. The van der Waals surface area contributed by atoms with E-state index in [2.05, 4.69) is 5.32 Å². The van der Waals surface area contributed by atoms with Gasteiger partial charge >= 0.3 is 0 Å². The molecule has 0 aromatic heterocycles. The molecule has 0 heterocycles. The Morgan fingerprint density at radius 2 is 1.75 bits per heavy atom. The predicted molar refractivity (Wildman–Crippen MR) is 96.0 cm³/mol. The highest BCUT2D eigenvalue weighted by atomic mass is 16.6. The van der Waals surface area contributed by atoms with Crippen molar-refractivity contribution in [3.8, 4) is 0 Å². The van der Waals surface area contributed by atoms with Crippen LogP contribution in [0, 0.1) is 10.1 Å². The summed E-state index contributed by atoms with van der Waals surface area (Å²) < 4.78 is 0. The number of para-hydroxylation sites is 1. The first-order chi connectivity index (χ1) is 11.5. The molecule has 0 bridgehead atoms. The van der Waals surface area contributed by atoms with Gasteiger partial charge in [-0.3, -0.25) is 14.9 Å². The molecule has 0 saturated carbocycles. The molecule has 0 aliphatic heterocycles. The van der Waals surface area contributed by atoms with Crippen LogP contribution in [0.1, 0.15) is 30.5 Å². The Hall–Kier alpha value is -2.95. The Morgan fingerprint density at radius 1 is 1.12 bits per heavy atom. The SMILES string of the molecule is CCc1cccc(CC)c1NC(=O)C=Cc1cccc([N+](=O)[O-])c1. The van der Waals surface area contributed by atoms with Crippen LogP contribution in [0.5, 0.6) is 0 Å². The fourth-order valence-electron chi connectivity index (χ4n) is 2.48. The maximum Gasteiger partial charge on any atom is 0.270 e. The monoisotopic (exact) mass is 324 g/mol. The number of nitro groups is 1. The quantitative estimate of drug-likeness (QED) is 0.487. The molecule has 0 fully saturated rings. The molecule has 124 valence electrons. The molecule has 0 atom stereocenters. The summed E-state index contributed by atoms with van der Waals surface area (Å²) in [5.41, 5.74) is 3.65. The van der Waals surface area contributed by atoms with Crippen LogP contribution < -0.4 is 5.32 Å². The number of carbonyl (C=O) groups excluding carboxylic acids is 1. The van der Waals surface area contributed by atoms with E-state index >= 15 is 0 Å². The zero-order valence-corrected chi connectivity index (χ0v) is 13.8. The van der Waals surface area contributed by atoms with Gasteiger partial charge in [0.15, 0.2) is 0 Å². The van der Waals surface area contributed by atoms with E-state index in [1.165, 1.54) is 18.2 Å². The van der Waals surface area contributed by atoms with E-state index in [1.807, 2.05) is 32.0 Å². The number of hydrogen-bond acceptors (Lipinski definition) is 3. The van der Waals surface area contributed by atoms with Gasteiger partial charge < -0.3 is 5.32 Å². The fraction of sp³-hybridized carbons (Fsp3) is 0.211. The molecule has 5 heteroatoms. The number of nitrogens with one attached hydrogen (secondary N) is 1. The van der Waals surface area contributed by atoms with Crippen molar-refractivity contribution in [3.05, 3.63) is 75.3 Å². The molecule has 2 rings (SSSR count). The average Bonchev–Trinajstić information content (AvgIpc) is 2.60. The average molecular weight is 324 g/mol. The number of benzene rings is 2. The van der Waals surface area contributed by atoms with Gasteiger partial charge in [0, 0.05) is 23.9 Å². The van der Waals surface area contributed by atoms with Crippen molar-refractivity contribution in [3.63, 3.8) is 0 Å². The smallest absolute Gasteiger partial charge is 0.270 e. The van der Waals surface area contributed by atoms with Gasteiger partial charge in [-0.05, 0) is 35.6 Å². The molecular weight excluding hydrogens is 304 g/mol. The van der Waals surface area contributed by atoms with E-state index in [-0.39, 0.29) is 11.6 Å². The van der Waals surface area contributed by atoms with Crippen LogP contribution in [0.4, 0.5) is 11.4 Å². The number of carbonyl (C=O) groups is 1. The Morgan fingerprint density at radius 3 is 2.33 bits per heavy atom. The van der Waals surface area contributed by atoms with Gasteiger partial charge in [-0.2, -0.15) is 0 Å². The number of amides is 1. The topological polar surface area (TPSA) is 72.2 Å². The van der Waals surface area contributed by atoms with E-state index in [1.54, 1.807) is 18.2 Å². The molecule has 5 nitrogen and oxygen atoms in total. The van der Waals surface area contributed by atoms with Crippen molar-refractivity contribution < 1.29 is 9.72 Å². The summed E-state index contributed by atoms with van der Waals surface area (Å²) in [6.07, 6.45) is 4.63. The van der Waals surface area contributed by atoms with E-state index in [4.69, 9.17) is 0 Å². The van der Waals surface area contributed by atoms with Crippen LogP contribution >= 0.6 is 0 Å². The summed E-state index contributed by atoms with van der Waals surface area (Å²) in [5, 5.41) is 13.7. The number of aryl methyl sites for hydroxylation is 2. The molecule has 0 unspecified atom stereocenters. The molecule has 0 spiro atoms. The summed E-state index contributed by atoms with van der Waals surface area (Å²) in [6.45, 7) is 4.09. The molecule has 24 heavy (non-hydrogen) atoms. The molecule has 2 aromatic carbocycles. The van der Waals surface area contributed by atoms with Crippen molar-refractivity contribution in [1.29, 1.82) is 0 Å². The predicted octanol–water partition coefficient (Wildman–Crippen LogP) is 4.37. The van der Waals surface area contributed by atoms with Crippen LogP contribution in [-0.2, 0) is 17.6 Å². The number of nitrogens with zero attached hydrogens (tertiary/aromatic N) is 1. The fourth-order valence-corrected chi connectivity index (χ4v) is 2.48. The zero-order valence-electron chi connectivity index (χ0n) is 13.8. The molecule has 2 aromatic rings. The Labute approximate surface area is 141 Å². The van der Waals surface area contributed by atoms with Crippen LogP contribution in [0.15, 0.2) is 48.5 Å². The Bertz CT molecular complexity index is 760. The standard InChI is InChI=1S/C19H20N2O3/c1-3-15-8-6-9-16(4-2)19(15)20-18(22)12-11-14-7-5-10-17(13-14)21(23)24/h5-13H,3-4H2,1-2H3,(H,20,22). The molecule has 0 aliphatic carbocycles. The van der Waals surface area contributed by atoms with Gasteiger partial charge in [0.05, 0.1) is 4.92 Å². The number of anilines is 1. The maximum absolute atomic E-state index is 12.2. The minimum atomic E-state index is -0.456. The highest BCUT2D eigenvalue weighted by Gasteiger charge is 2.08. The van der Waals surface area contributed by atoms with Crippen molar-refractivity contribution in [2.75, 3.05) is 5.32 Å². The van der Waals surface area contributed by atoms with Gasteiger partial charge in [0.1, 0.15) is 0 Å². The number of non-ortho nitro benzene ring substituents is 1. The zero-order chi connectivity index (χ0) is 17.5. The van der Waals surface area contributed by atoms with Gasteiger partial charge in [-0.25, -0.2) is 0 Å². The summed E-state index contributed by atoms with van der Waals surface area (Å²) >= 11 is 0.